The van der Waals surface area contributed by atoms with Crippen LogP contribution in [-0.2, 0) is 12.0 Å². The molecule has 1 rings (SSSR count). The Morgan fingerprint density at radius 3 is 2.21 bits per heavy atom. The van der Waals surface area contributed by atoms with Gasteiger partial charge in [0, 0.05) is 23.4 Å². The van der Waals surface area contributed by atoms with Gasteiger partial charge in [-0.3, -0.25) is 0 Å². The van der Waals surface area contributed by atoms with Crippen molar-refractivity contribution in [3.63, 3.8) is 0 Å². The summed E-state index contributed by atoms with van der Waals surface area (Å²) in [5, 5.41) is 1.23. The average molecular weight is 283 g/mol. The van der Waals surface area contributed by atoms with Crippen molar-refractivity contribution in [2.24, 2.45) is 5.73 Å². The number of hydrogen-bond donors (Lipinski definition) is 1. The molecule has 0 aliphatic carbocycles. The van der Waals surface area contributed by atoms with Crippen LogP contribution < -0.4 is 5.73 Å². The Morgan fingerprint density at radius 2 is 1.84 bits per heavy atom. The summed E-state index contributed by atoms with van der Waals surface area (Å²) in [7, 11) is 0. The van der Waals surface area contributed by atoms with E-state index in [1.54, 1.807) is 11.3 Å². The summed E-state index contributed by atoms with van der Waals surface area (Å²) in [6, 6.07) is 0. The van der Waals surface area contributed by atoms with Gasteiger partial charge in [-0.2, -0.15) is 0 Å². The summed E-state index contributed by atoms with van der Waals surface area (Å²) in [6.07, 6.45) is 1.03. The molecule has 0 bridgehead atoms. The zero-order valence-electron chi connectivity index (χ0n) is 13.3. The lowest BCUT2D eigenvalue weighted by molar-refractivity contribution is 0.308. The van der Waals surface area contributed by atoms with Gasteiger partial charge in [0.15, 0.2) is 0 Å². The lowest BCUT2D eigenvalue weighted by Crippen LogP contribution is -2.28. The Morgan fingerprint density at radius 1 is 1.26 bits per heavy atom. The maximum Gasteiger partial charge on any atom is 0.0944 e. The summed E-state index contributed by atoms with van der Waals surface area (Å²) < 4.78 is 0. The molecule has 1 aromatic rings. The van der Waals surface area contributed by atoms with E-state index < -0.39 is 0 Å². The highest BCUT2D eigenvalue weighted by atomic mass is 32.1. The predicted molar refractivity (Wildman–Crippen MR) is 84.9 cm³/mol. The van der Waals surface area contributed by atoms with Gasteiger partial charge >= 0.3 is 0 Å². The standard InChI is InChI=1S/C15H29N3S/c1-7-18(8-2)10-9-12-17-13(11(3)4)14(19-12)15(5,6)16/h11H,7-10,16H2,1-6H3. The van der Waals surface area contributed by atoms with E-state index >= 15 is 0 Å². The van der Waals surface area contributed by atoms with E-state index in [0.29, 0.717) is 5.92 Å². The van der Waals surface area contributed by atoms with Gasteiger partial charge in [0.25, 0.3) is 0 Å². The molecule has 0 spiro atoms. The van der Waals surface area contributed by atoms with Gasteiger partial charge in [0.2, 0.25) is 0 Å². The molecular formula is C15H29N3S. The zero-order chi connectivity index (χ0) is 14.6. The minimum Gasteiger partial charge on any atom is -0.321 e. The number of thiazole rings is 1. The molecule has 19 heavy (non-hydrogen) atoms. The number of likely N-dealkylation sites (N-methyl/N-ethyl adjacent to an activating group) is 1. The van der Waals surface area contributed by atoms with Crippen molar-refractivity contribution >= 4 is 11.3 Å². The molecule has 0 atom stereocenters. The molecule has 0 fully saturated rings. The predicted octanol–water partition coefficient (Wildman–Crippen LogP) is 3.34. The summed E-state index contributed by atoms with van der Waals surface area (Å²) in [5.74, 6) is 0.441. The SMILES string of the molecule is CCN(CC)CCc1nc(C(C)C)c(C(C)(C)N)s1. The molecule has 0 saturated carbocycles. The molecule has 2 N–H and O–H groups in total. The second-order valence-electron chi connectivity index (χ2n) is 5.98. The van der Waals surface area contributed by atoms with Crippen molar-refractivity contribution in [3.05, 3.63) is 15.6 Å². The fraction of sp³-hybridized carbons (Fsp3) is 0.800. The Bertz CT molecular complexity index is 387. The topological polar surface area (TPSA) is 42.2 Å². The van der Waals surface area contributed by atoms with Crippen LogP contribution in [0.2, 0.25) is 0 Å². The molecule has 0 aliphatic heterocycles. The minimum absolute atomic E-state index is 0.287. The Hall–Kier alpha value is -0.450. The van der Waals surface area contributed by atoms with Gasteiger partial charge in [0.1, 0.15) is 0 Å². The lowest BCUT2D eigenvalue weighted by Gasteiger charge is -2.19. The summed E-state index contributed by atoms with van der Waals surface area (Å²) in [6.45, 7) is 16.2. The first-order valence-corrected chi connectivity index (χ1v) is 8.12. The molecular weight excluding hydrogens is 254 g/mol. The normalized spacial score (nSPS) is 12.7. The molecule has 1 heterocycles. The summed E-state index contributed by atoms with van der Waals surface area (Å²) in [4.78, 5) is 8.51. The molecule has 3 nitrogen and oxygen atoms in total. The van der Waals surface area contributed by atoms with Crippen LogP contribution in [0.4, 0.5) is 0 Å². The van der Waals surface area contributed by atoms with E-state index in [9.17, 15) is 0 Å². The van der Waals surface area contributed by atoms with Gasteiger partial charge in [-0.15, -0.1) is 11.3 Å². The van der Waals surface area contributed by atoms with Crippen LogP contribution in [0.5, 0.6) is 0 Å². The Kier molecular flexibility index (Phi) is 5.96. The highest BCUT2D eigenvalue weighted by Crippen LogP contribution is 2.32. The van der Waals surface area contributed by atoms with Crippen LogP contribution >= 0.6 is 11.3 Å². The van der Waals surface area contributed by atoms with Gasteiger partial charge in [-0.1, -0.05) is 27.7 Å². The van der Waals surface area contributed by atoms with Gasteiger partial charge in [0.05, 0.1) is 10.7 Å². The fourth-order valence-electron chi connectivity index (χ4n) is 2.13. The molecule has 0 saturated heterocycles. The van der Waals surface area contributed by atoms with E-state index in [1.165, 1.54) is 15.6 Å². The van der Waals surface area contributed by atoms with Crippen LogP contribution in [-0.4, -0.2) is 29.5 Å². The van der Waals surface area contributed by atoms with E-state index in [0.717, 1.165) is 26.1 Å². The smallest absolute Gasteiger partial charge is 0.0944 e. The number of nitrogens with zero attached hydrogens (tertiary/aromatic N) is 2. The third-order valence-corrected chi connectivity index (χ3v) is 4.84. The van der Waals surface area contributed by atoms with Crippen molar-refractivity contribution in [1.82, 2.24) is 9.88 Å². The number of aromatic nitrogens is 1. The van der Waals surface area contributed by atoms with Crippen molar-refractivity contribution in [2.75, 3.05) is 19.6 Å². The van der Waals surface area contributed by atoms with Crippen LogP contribution in [0, 0.1) is 0 Å². The minimum atomic E-state index is -0.287. The van der Waals surface area contributed by atoms with E-state index in [4.69, 9.17) is 10.7 Å². The van der Waals surface area contributed by atoms with Crippen molar-refractivity contribution in [3.8, 4) is 0 Å². The molecule has 0 aliphatic rings. The molecule has 0 aromatic carbocycles. The van der Waals surface area contributed by atoms with E-state index in [2.05, 4.69) is 46.4 Å². The van der Waals surface area contributed by atoms with Crippen LogP contribution in [0.15, 0.2) is 0 Å². The first-order valence-electron chi connectivity index (χ1n) is 7.30. The first-order chi connectivity index (χ1) is 8.79. The molecule has 110 valence electrons. The maximum atomic E-state index is 6.28. The first kappa shape index (κ1) is 16.6. The van der Waals surface area contributed by atoms with Crippen LogP contribution in [0.25, 0.3) is 0 Å². The monoisotopic (exact) mass is 283 g/mol. The van der Waals surface area contributed by atoms with Gasteiger partial charge in [-0.05, 0) is 32.9 Å². The fourth-order valence-corrected chi connectivity index (χ4v) is 3.35. The molecule has 0 unspecified atom stereocenters. The highest BCUT2D eigenvalue weighted by molar-refractivity contribution is 7.11. The third-order valence-electron chi connectivity index (χ3n) is 3.37. The summed E-state index contributed by atoms with van der Waals surface area (Å²) >= 11 is 1.79. The van der Waals surface area contributed by atoms with Crippen LogP contribution in [0.1, 0.15) is 63.0 Å². The molecule has 0 radical (unpaired) electrons. The van der Waals surface area contributed by atoms with Crippen molar-refractivity contribution in [2.45, 2.75) is 59.4 Å². The van der Waals surface area contributed by atoms with Crippen molar-refractivity contribution < 1.29 is 0 Å². The second-order valence-corrected chi connectivity index (χ2v) is 7.06. The maximum absolute atomic E-state index is 6.28. The number of rotatable bonds is 7. The van der Waals surface area contributed by atoms with E-state index in [-0.39, 0.29) is 5.54 Å². The lowest BCUT2D eigenvalue weighted by atomic mass is 9.98. The third kappa shape index (κ3) is 4.55. The van der Waals surface area contributed by atoms with Crippen molar-refractivity contribution in [1.29, 1.82) is 0 Å². The molecule has 0 amide bonds. The molecule has 1 aromatic heterocycles. The summed E-state index contributed by atoms with van der Waals surface area (Å²) in [5.41, 5.74) is 7.18. The van der Waals surface area contributed by atoms with E-state index in [1.807, 2.05) is 0 Å². The number of hydrogen-bond acceptors (Lipinski definition) is 4. The quantitative estimate of drug-likeness (QED) is 0.834. The Labute approximate surface area is 122 Å². The van der Waals surface area contributed by atoms with Crippen LogP contribution in [0.3, 0.4) is 0 Å². The number of nitrogens with two attached hydrogens (primary N) is 1. The Balaban J connectivity index is 2.87. The zero-order valence-corrected chi connectivity index (χ0v) is 14.1. The molecule has 4 heteroatoms. The highest BCUT2D eigenvalue weighted by Gasteiger charge is 2.24. The van der Waals surface area contributed by atoms with Gasteiger partial charge < -0.3 is 10.6 Å². The second kappa shape index (κ2) is 6.82. The largest absolute Gasteiger partial charge is 0.321 e. The van der Waals surface area contributed by atoms with Gasteiger partial charge in [-0.25, -0.2) is 4.98 Å². The average Bonchev–Trinajstić information content (AvgIpc) is 2.74.